The molecule has 2 rings (SSSR count). The first kappa shape index (κ1) is 14.3. The monoisotopic (exact) mass is 337 g/mol. The van der Waals surface area contributed by atoms with E-state index in [-0.39, 0.29) is 5.69 Å². The molecule has 0 fully saturated rings. The van der Waals surface area contributed by atoms with E-state index >= 15 is 0 Å². The maximum absolute atomic E-state index is 10.6. The van der Waals surface area contributed by atoms with Crippen molar-refractivity contribution in [3.8, 4) is 11.5 Å². The van der Waals surface area contributed by atoms with Crippen molar-refractivity contribution in [3.63, 3.8) is 0 Å². The van der Waals surface area contributed by atoms with Crippen molar-refractivity contribution >= 4 is 21.9 Å². The highest BCUT2D eigenvalue weighted by Crippen LogP contribution is 2.17. The van der Waals surface area contributed by atoms with E-state index in [1.807, 2.05) is 24.3 Å². The largest absolute Gasteiger partial charge is 0.490 e. The van der Waals surface area contributed by atoms with Gasteiger partial charge in [-0.1, -0.05) is 22.0 Å². The number of benzene rings is 1. The molecular formula is C14H12BrNO4. The molecule has 0 unspecified atom stereocenters. The van der Waals surface area contributed by atoms with Crippen molar-refractivity contribution in [2.75, 3.05) is 13.2 Å². The van der Waals surface area contributed by atoms with E-state index in [0.717, 1.165) is 10.2 Å². The van der Waals surface area contributed by atoms with Gasteiger partial charge in [-0.3, -0.25) is 0 Å². The van der Waals surface area contributed by atoms with Crippen LogP contribution in [0.15, 0.2) is 47.1 Å². The summed E-state index contributed by atoms with van der Waals surface area (Å²) < 4.78 is 11.9. The lowest BCUT2D eigenvalue weighted by Gasteiger charge is -2.08. The molecule has 104 valence electrons. The number of aromatic nitrogens is 1. The van der Waals surface area contributed by atoms with Gasteiger partial charge in [-0.25, -0.2) is 9.78 Å². The fraction of sp³-hybridized carbons (Fsp3) is 0.143. The van der Waals surface area contributed by atoms with Gasteiger partial charge in [-0.05, 0) is 30.3 Å². The Labute approximate surface area is 124 Å². The third-order valence-corrected chi connectivity index (χ3v) is 2.87. The summed E-state index contributed by atoms with van der Waals surface area (Å²) in [6.07, 6.45) is 1.38. The van der Waals surface area contributed by atoms with Gasteiger partial charge in [0, 0.05) is 4.47 Å². The fourth-order valence-corrected chi connectivity index (χ4v) is 1.85. The molecule has 0 spiro atoms. The van der Waals surface area contributed by atoms with E-state index in [0.29, 0.717) is 19.0 Å². The minimum atomic E-state index is -1.06. The minimum absolute atomic E-state index is 0.0114. The van der Waals surface area contributed by atoms with Crippen LogP contribution in [0.4, 0.5) is 0 Å². The van der Waals surface area contributed by atoms with Crippen LogP contribution < -0.4 is 9.47 Å². The van der Waals surface area contributed by atoms with Gasteiger partial charge in [0.1, 0.15) is 30.4 Å². The highest BCUT2D eigenvalue weighted by atomic mass is 79.9. The highest BCUT2D eigenvalue weighted by Gasteiger charge is 2.03. The summed E-state index contributed by atoms with van der Waals surface area (Å²) in [5.41, 5.74) is -0.0114. The average molecular weight is 338 g/mol. The number of carboxylic acids is 1. The molecule has 1 N–H and O–H groups in total. The van der Waals surface area contributed by atoms with Crippen molar-refractivity contribution in [3.05, 3.63) is 52.8 Å². The van der Waals surface area contributed by atoms with Gasteiger partial charge in [-0.15, -0.1) is 0 Å². The van der Waals surface area contributed by atoms with Gasteiger partial charge in [0.25, 0.3) is 0 Å². The molecule has 0 saturated heterocycles. The number of halogens is 1. The summed E-state index contributed by atoms with van der Waals surface area (Å²) >= 11 is 3.36. The van der Waals surface area contributed by atoms with Crippen LogP contribution in [0.25, 0.3) is 0 Å². The van der Waals surface area contributed by atoms with Crippen LogP contribution in [0, 0.1) is 0 Å². The Morgan fingerprint density at radius 3 is 2.50 bits per heavy atom. The van der Waals surface area contributed by atoms with E-state index < -0.39 is 5.97 Å². The van der Waals surface area contributed by atoms with Crippen LogP contribution in [-0.4, -0.2) is 29.3 Å². The lowest BCUT2D eigenvalue weighted by Crippen LogP contribution is -2.09. The second kappa shape index (κ2) is 6.91. The number of carboxylic acid groups (broad SMARTS) is 1. The lowest BCUT2D eigenvalue weighted by molar-refractivity contribution is 0.0690. The number of ether oxygens (including phenoxy) is 2. The molecule has 0 bridgehead atoms. The van der Waals surface area contributed by atoms with Crippen LogP contribution in [0.2, 0.25) is 0 Å². The topological polar surface area (TPSA) is 68.7 Å². The molecule has 6 heteroatoms. The molecule has 20 heavy (non-hydrogen) atoms. The van der Waals surface area contributed by atoms with Crippen molar-refractivity contribution in [2.45, 2.75) is 0 Å². The predicted octanol–water partition coefficient (Wildman–Crippen LogP) is 3.00. The standard InChI is InChI=1S/C14H12BrNO4/c15-10-2-1-3-11(8-10)19-6-7-20-12-4-5-13(14(17)18)16-9-12/h1-5,8-9H,6-7H2,(H,17,18). The molecule has 0 amide bonds. The van der Waals surface area contributed by atoms with E-state index in [1.165, 1.54) is 12.3 Å². The Morgan fingerprint density at radius 1 is 1.15 bits per heavy atom. The van der Waals surface area contributed by atoms with Crippen LogP contribution in [0.3, 0.4) is 0 Å². The number of pyridine rings is 1. The van der Waals surface area contributed by atoms with Crippen molar-refractivity contribution in [2.24, 2.45) is 0 Å². The molecule has 5 nitrogen and oxygen atoms in total. The normalized spacial score (nSPS) is 10.1. The molecule has 1 aromatic heterocycles. The quantitative estimate of drug-likeness (QED) is 0.820. The first-order chi connectivity index (χ1) is 9.65. The van der Waals surface area contributed by atoms with Crippen molar-refractivity contribution < 1.29 is 19.4 Å². The van der Waals surface area contributed by atoms with Crippen LogP contribution in [0.1, 0.15) is 10.5 Å². The Morgan fingerprint density at radius 2 is 1.90 bits per heavy atom. The molecular weight excluding hydrogens is 326 g/mol. The number of rotatable bonds is 6. The molecule has 1 heterocycles. The summed E-state index contributed by atoms with van der Waals surface area (Å²) in [5.74, 6) is 0.199. The summed E-state index contributed by atoms with van der Waals surface area (Å²) in [6, 6.07) is 10.5. The molecule has 0 aliphatic rings. The van der Waals surface area contributed by atoms with E-state index in [9.17, 15) is 4.79 Å². The third kappa shape index (κ3) is 4.24. The fourth-order valence-electron chi connectivity index (χ4n) is 1.47. The zero-order valence-electron chi connectivity index (χ0n) is 10.5. The van der Waals surface area contributed by atoms with Gasteiger partial charge in [0.15, 0.2) is 0 Å². The summed E-state index contributed by atoms with van der Waals surface area (Å²) in [4.78, 5) is 14.4. The Bertz CT molecular complexity index is 586. The van der Waals surface area contributed by atoms with Crippen LogP contribution >= 0.6 is 15.9 Å². The van der Waals surface area contributed by atoms with Crippen molar-refractivity contribution in [1.82, 2.24) is 4.98 Å². The van der Waals surface area contributed by atoms with Gasteiger partial charge >= 0.3 is 5.97 Å². The van der Waals surface area contributed by atoms with E-state index in [4.69, 9.17) is 14.6 Å². The molecule has 0 aliphatic heterocycles. The van der Waals surface area contributed by atoms with E-state index in [1.54, 1.807) is 6.07 Å². The molecule has 0 radical (unpaired) electrons. The number of carbonyl (C=O) groups is 1. The molecule has 0 atom stereocenters. The number of hydrogen-bond donors (Lipinski definition) is 1. The molecule has 1 aromatic carbocycles. The first-order valence-corrected chi connectivity index (χ1v) is 6.65. The predicted molar refractivity (Wildman–Crippen MR) is 76.3 cm³/mol. The zero-order chi connectivity index (χ0) is 14.4. The number of nitrogens with zero attached hydrogens (tertiary/aromatic N) is 1. The molecule has 2 aromatic rings. The average Bonchev–Trinajstić information content (AvgIpc) is 2.44. The second-order valence-corrected chi connectivity index (χ2v) is 4.75. The summed E-state index contributed by atoms with van der Waals surface area (Å²) in [7, 11) is 0. The van der Waals surface area contributed by atoms with Gasteiger partial charge in [0.2, 0.25) is 0 Å². The Balaban J connectivity index is 1.77. The number of aromatic carboxylic acids is 1. The molecule has 0 saturated carbocycles. The lowest BCUT2D eigenvalue weighted by atomic mass is 10.3. The third-order valence-electron chi connectivity index (χ3n) is 2.37. The Kier molecular flexibility index (Phi) is 4.95. The number of hydrogen-bond acceptors (Lipinski definition) is 4. The van der Waals surface area contributed by atoms with Crippen LogP contribution in [0.5, 0.6) is 11.5 Å². The maximum Gasteiger partial charge on any atom is 0.354 e. The smallest absolute Gasteiger partial charge is 0.354 e. The van der Waals surface area contributed by atoms with Gasteiger partial charge < -0.3 is 14.6 Å². The van der Waals surface area contributed by atoms with Crippen molar-refractivity contribution in [1.29, 1.82) is 0 Å². The maximum atomic E-state index is 10.6. The SMILES string of the molecule is O=C(O)c1ccc(OCCOc2cccc(Br)c2)cn1. The highest BCUT2D eigenvalue weighted by molar-refractivity contribution is 9.10. The summed E-state index contributed by atoms with van der Waals surface area (Å²) in [5, 5.41) is 8.71. The second-order valence-electron chi connectivity index (χ2n) is 3.84. The minimum Gasteiger partial charge on any atom is -0.490 e. The van der Waals surface area contributed by atoms with Gasteiger partial charge in [-0.2, -0.15) is 0 Å². The van der Waals surface area contributed by atoms with E-state index in [2.05, 4.69) is 20.9 Å². The molecule has 0 aliphatic carbocycles. The van der Waals surface area contributed by atoms with Gasteiger partial charge in [0.05, 0.1) is 6.20 Å². The Hall–Kier alpha value is -2.08. The summed E-state index contributed by atoms with van der Waals surface area (Å²) in [6.45, 7) is 0.734. The van der Waals surface area contributed by atoms with Crippen LogP contribution in [-0.2, 0) is 0 Å². The first-order valence-electron chi connectivity index (χ1n) is 5.85. The zero-order valence-corrected chi connectivity index (χ0v) is 12.0.